The zero-order valence-corrected chi connectivity index (χ0v) is 13.3. The summed E-state index contributed by atoms with van der Waals surface area (Å²) in [4.78, 5) is 0. The Labute approximate surface area is 127 Å². The van der Waals surface area contributed by atoms with Crippen LogP contribution in [0.2, 0.25) is 0 Å². The molecule has 0 fully saturated rings. The fourth-order valence-corrected chi connectivity index (χ4v) is 3.14. The molecule has 0 radical (unpaired) electrons. The normalized spacial score (nSPS) is 20.7. The lowest BCUT2D eigenvalue weighted by atomic mass is 9.87. The minimum absolute atomic E-state index is 0.0386. The third kappa shape index (κ3) is 2.97. The van der Waals surface area contributed by atoms with Gasteiger partial charge >= 0.3 is 0 Å². The van der Waals surface area contributed by atoms with Gasteiger partial charge in [0, 0.05) is 5.39 Å². The maximum Gasteiger partial charge on any atom is 0.131 e. The first-order valence-corrected chi connectivity index (χ1v) is 7.90. The molecule has 1 heteroatoms. The van der Waals surface area contributed by atoms with E-state index in [2.05, 4.69) is 63.2 Å². The molecule has 1 nitrogen and oxygen atoms in total. The predicted molar refractivity (Wildman–Crippen MR) is 90.0 cm³/mol. The smallest absolute Gasteiger partial charge is 0.131 e. The molecule has 2 aromatic carbocycles. The molecule has 0 bridgehead atoms. The summed E-state index contributed by atoms with van der Waals surface area (Å²) in [6.45, 7) is 6.58. The minimum atomic E-state index is -0.0386. The fourth-order valence-electron chi connectivity index (χ4n) is 3.14. The lowest BCUT2D eigenvalue weighted by Gasteiger charge is -2.36. The van der Waals surface area contributed by atoms with Crippen molar-refractivity contribution in [3.05, 3.63) is 53.6 Å². The summed E-state index contributed by atoms with van der Waals surface area (Å²) in [6.07, 6.45) is 6.72. The zero-order chi connectivity index (χ0) is 14.9. The highest BCUT2D eigenvalue weighted by Gasteiger charge is 2.31. The Morgan fingerprint density at radius 3 is 2.81 bits per heavy atom. The van der Waals surface area contributed by atoms with Crippen LogP contribution in [0.15, 0.2) is 48.0 Å². The van der Waals surface area contributed by atoms with Gasteiger partial charge in [-0.15, -0.1) is 0 Å². The van der Waals surface area contributed by atoms with Gasteiger partial charge in [0.1, 0.15) is 11.4 Å². The van der Waals surface area contributed by atoms with Crippen LogP contribution in [0.3, 0.4) is 0 Å². The van der Waals surface area contributed by atoms with Gasteiger partial charge in [0.25, 0.3) is 0 Å². The monoisotopic (exact) mass is 280 g/mol. The van der Waals surface area contributed by atoms with Gasteiger partial charge in [0.05, 0.1) is 0 Å². The van der Waals surface area contributed by atoms with Crippen molar-refractivity contribution in [2.75, 3.05) is 0 Å². The molecule has 2 aromatic rings. The van der Waals surface area contributed by atoms with Gasteiger partial charge in [-0.05, 0) is 57.4 Å². The van der Waals surface area contributed by atoms with Crippen LogP contribution in [0.4, 0.5) is 0 Å². The molecule has 1 heterocycles. The molecule has 110 valence electrons. The van der Waals surface area contributed by atoms with Crippen LogP contribution in [-0.2, 0) is 6.42 Å². The summed E-state index contributed by atoms with van der Waals surface area (Å²) in [5, 5.41) is 2.52. The average Bonchev–Trinajstić information content (AvgIpc) is 2.46. The minimum Gasteiger partial charge on any atom is -0.487 e. The molecule has 0 unspecified atom stereocenters. The van der Waals surface area contributed by atoms with Crippen molar-refractivity contribution in [2.24, 2.45) is 0 Å². The number of hydrogen-bond donors (Lipinski definition) is 0. The van der Waals surface area contributed by atoms with Crippen molar-refractivity contribution in [2.45, 2.75) is 52.1 Å². The summed E-state index contributed by atoms with van der Waals surface area (Å²) in [5.74, 6) is 1.11. The SMILES string of the molecule is CC(C)=CCC[C@]1(C)CCc2ccc3ccccc3c2O1. The van der Waals surface area contributed by atoms with Crippen LogP contribution < -0.4 is 4.74 Å². The summed E-state index contributed by atoms with van der Waals surface area (Å²) in [6, 6.07) is 13.0. The molecule has 0 amide bonds. The number of allylic oxidation sites excluding steroid dienone is 2. The first-order chi connectivity index (χ1) is 10.1. The summed E-state index contributed by atoms with van der Waals surface area (Å²) >= 11 is 0. The molecule has 0 saturated carbocycles. The van der Waals surface area contributed by atoms with E-state index in [4.69, 9.17) is 4.74 Å². The molecule has 1 aliphatic heterocycles. The van der Waals surface area contributed by atoms with Gasteiger partial charge in [-0.2, -0.15) is 0 Å². The third-order valence-electron chi connectivity index (χ3n) is 4.46. The molecule has 3 rings (SSSR count). The number of ether oxygens (including phenoxy) is 1. The Kier molecular flexibility index (Phi) is 3.75. The van der Waals surface area contributed by atoms with E-state index in [9.17, 15) is 0 Å². The number of hydrogen-bond acceptors (Lipinski definition) is 1. The van der Waals surface area contributed by atoms with E-state index in [1.54, 1.807) is 0 Å². The number of aryl methyl sites for hydroxylation is 1. The Balaban J connectivity index is 1.90. The average molecular weight is 280 g/mol. The second kappa shape index (κ2) is 5.55. The molecule has 0 aliphatic carbocycles. The summed E-state index contributed by atoms with van der Waals surface area (Å²) in [7, 11) is 0. The Morgan fingerprint density at radius 2 is 2.00 bits per heavy atom. The lowest BCUT2D eigenvalue weighted by molar-refractivity contribution is 0.0591. The maximum atomic E-state index is 6.49. The second-order valence-electron chi connectivity index (χ2n) is 6.65. The van der Waals surface area contributed by atoms with Crippen molar-refractivity contribution in [3.63, 3.8) is 0 Å². The van der Waals surface area contributed by atoms with E-state index >= 15 is 0 Å². The predicted octanol–water partition coefficient (Wildman–Crippen LogP) is 5.67. The van der Waals surface area contributed by atoms with Gasteiger partial charge in [-0.1, -0.05) is 48.0 Å². The van der Waals surface area contributed by atoms with E-state index in [0.29, 0.717) is 0 Å². The number of benzene rings is 2. The molecular weight excluding hydrogens is 256 g/mol. The van der Waals surface area contributed by atoms with Crippen LogP contribution in [0.5, 0.6) is 5.75 Å². The molecule has 1 atom stereocenters. The molecule has 0 aromatic heterocycles. The number of rotatable bonds is 3. The first-order valence-electron chi connectivity index (χ1n) is 7.90. The van der Waals surface area contributed by atoms with Crippen molar-refractivity contribution in [3.8, 4) is 5.75 Å². The highest BCUT2D eigenvalue weighted by molar-refractivity contribution is 5.89. The van der Waals surface area contributed by atoms with Gasteiger partial charge < -0.3 is 4.74 Å². The highest BCUT2D eigenvalue weighted by atomic mass is 16.5. The highest BCUT2D eigenvalue weighted by Crippen LogP contribution is 2.40. The molecule has 0 saturated heterocycles. The first kappa shape index (κ1) is 14.2. The molecular formula is C20H24O. The van der Waals surface area contributed by atoms with E-state index in [1.165, 1.54) is 21.9 Å². The summed E-state index contributed by atoms with van der Waals surface area (Å²) < 4.78 is 6.49. The Hall–Kier alpha value is -1.76. The number of fused-ring (bicyclic) bond motifs is 3. The third-order valence-corrected chi connectivity index (χ3v) is 4.46. The van der Waals surface area contributed by atoms with E-state index in [0.717, 1.165) is 31.4 Å². The molecule has 1 aliphatic rings. The van der Waals surface area contributed by atoms with Crippen LogP contribution in [0, 0.1) is 0 Å². The van der Waals surface area contributed by atoms with E-state index in [1.807, 2.05) is 0 Å². The van der Waals surface area contributed by atoms with E-state index < -0.39 is 0 Å². The zero-order valence-electron chi connectivity index (χ0n) is 13.3. The summed E-state index contributed by atoms with van der Waals surface area (Å²) in [5.41, 5.74) is 2.71. The van der Waals surface area contributed by atoms with E-state index in [-0.39, 0.29) is 5.60 Å². The topological polar surface area (TPSA) is 9.23 Å². The Morgan fingerprint density at radius 1 is 1.19 bits per heavy atom. The van der Waals surface area contributed by atoms with Gasteiger partial charge in [-0.25, -0.2) is 0 Å². The van der Waals surface area contributed by atoms with Crippen LogP contribution >= 0.6 is 0 Å². The van der Waals surface area contributed by atoms with Crippen LogP contribution in [0.25, 0.3) is 10.8 Å². The quantitative estimate of drug-likeness (QED) is 0.658. The van der Waals surface area contributed by atoms with Gasteiger partial charge in [0.2, 0.25) is 0 Å². The second-order valence-corrected chi connectivity index (χ2v) is 6.65. The standard InChI is InChI=1S/C20H24O/c1-15(2)7-6-13-20(3)14-12-17-11-10-16-8-4-5-9-18(16)19(17)21-20/h4-5,7-11H,6,12-14H2,1-3H3/t20-/m1/s1. The van der Waals surface area contributed by atoms with Crippen LogP contribution in [-0.4, -0.2) is 5.60 Å². The molecule has 0 spiro atoms. The van der Waals surface area contributed by atoms with Gasteiger partial charge in [-0.3, -0.25) is 0 Å². The Bertz CT molecular complexity index is 679. The van der Waals surface area contributed by atoms with Crippen LogP contribution in [0.1, 0.15) is 45.6 Å². The molecule has 0 N–H and O–H groups in total. The maximum absolute atomic E-state index is 6.49. The van der Waals surface area contributed by atoms with Crippen molar-refractivity contribution in [1.82, 2.24) is 0 Å². The van der Waals surface area contributed by atoms with Crippen molar-refractivity contribution >= 4 is 10.8 Å². The van der Waals surface area contributed by atoms with Gasteiger partial charge in [0.15, 0.2) is 0 Å². The lowest BCUT2D eigenvalue weighted by Crippen LogP contribution is -2.36. The molecule has 21 heavy (non-hydrogen) atoms. The van der Waals surface area contributed by atoms with Crippen molar-refractivity contribution < 1.29 is 4.74 Å². The van der Waals surface area contributed by atoms with Crippen molar-refractivity contribution in [1.29, 1.82) is 0 Å². The fraction of sp³-hybridized carbons (Fsp3) is 0.400. The largest absolute Gasteiger partial charge is 0.487 e.